The van der Waals surface area contributed by atoms with Crippen molar-refractivity contribution in [3.8, 4) is 0 Å². The van der Waals surface area contributed by atoms with E-state index in [1.807, 2.05) is 0 Å². The van der Waals surface area contributed by atoms with Gasteiger partial charge in [0.05, 0.1) is 7.11 Å². The zero-order valence-corrected chi connectivity index (χ0v) is 6.36. The number of carbonyl (C=O) groups is 1. The molecule has 0 aromatic heterocycles. The van der Waals surface area contributed by atoms with Gasteiger partial charge in [-0.15, -0.1) is 0 Å². The van der Waals surface area contributed by atoms with Gasteiger partial charge < -0.3 is 20.5 Å². The number of methoxy groups -OCH3 is 1. The van der Waals surface area contributed by atoms with Gasteiger partial charge in [-0.05, 0) is 12.7 Å². The van der Waals surface area contributed by atoms with Gasteiger partial charge >= 0.3 is 13.1 Å². The van der Waals surface area contributed by atoms with E-state index in [1.165, 1.54) is 7.11 Å². The monoisotopic (exact) mass is 161 g/mol. The van der Waals surface area contributed by atoms with Crippen molar-refractivity contribution in [3.05, 3.63) is 0 Å². The third-order valence-corrected chi connectivity index (χ3v) is 1.24. The minimum Gasteiger partial charge on any atom is -0.468 e. The molecule has 0 unspecified atom stereocenters. The molecule has 0 aliphatic rings. The molecule has 0 bridgehead atoms. The van der Waals surface area contributed by atoms with E-state index in [2.05, 4.69) is 4.74 Å². The predicted molar refractivity (Wildman–Crippen MR) is 39.6 cm³/mol. The second-order valence-corrected chi connectivity index (χ2v) is 2.19. The quantitative estimate of drug-likeness (QED) is 0.339. The number of esters is 1. The largest absolute Gasteiger partial charge is 0.468 e. The molecule has 4 N–H and O–H groups in total. The van der Waals surface area contributed by atoms with E-state index in [-0.39, 0.29) is 12.7 Å². The lowest BCUT2D eigenvalue weighted by atomic mass is 9.83. The summed E-state index contributed by atoms with van der Waals surface area (Å²) in [6, 6.07) is -0.762. The van der Waals surface area contributed by atoms with Gasteiger partial charge in [0, 0.05) is 0 Å². The number of nitrogens with two attached hydrogens (primary N) is 1. The number of carbonyl (C=O) groups excluding carboxylic acids is 1. The highest BCUT2D eigenvalue weighted by Gasteiger charge is 2.16. The second-order valence-electron chi connectivity index (χ2n) is 2.19. The van der Waals surface area contributed by atoms with Gasteiger partial charge in [-0.3, -0.25) is 4.79 Å². The zero-order valence-electron chi connectivity index (χ0n) is 6.36. The fourth-order valence-corrected chi connectivity index (χ4v) is 0.598. The van der Waals surface area contributed by atoms with E-state index in [4.69, 9.17) is 15.8 Å². The van der Waals surface area contributed by atoms with Gasteiger partial charge in [-0.25, -0.2) is 0 Å². The van der Waals surface area contributed by atoms with Gasteiger partial charge in [-0.2, -0.15) is 0 Å². The maximum Gasteiger partial charge on any atom is 0.451 e. The molecule has 1 atom stereocenters. The van der Waals surface area contributed by atoms with Crippen molar-refractivity contribution < 1.29 is 19.6 Å². The number of ether oxygens (including phenoxy) is 1. The molecule has 0 rings (SSSR count). The van der Waals surface area contributed by atoms with Crippen LogP contribution >= 0.6 is 0 Å². The van der Waals surface area contributed by atoms with Crippen molar-refractivity contribution in [1.82, 2.24) is 0 Å². The number of hydrogen-bond donors (Lipinski definition) is 3. The van der Waals surface area contributed by atoms with Gasteiger partial charge in [0.1, 0.15) is 6.04 Å². The molecule has 0 aromatic rings. The average molecular weight is 161 g/mol. The Kier molecular flexibility index (Phi) is 4.84. The first-order valence-electron chi connectivity index (χ1n) is 3.27. The molecule has 6 heteroatoms. The molecule has 0 spiro atoms. The van der Waals surface area contributed by atoms with Gasteiger partial charge in [0.15, 0.2) is 0 Å². The van der Waals surface area contributed by atoms with Crippen molar-refractivity contribution in [3.63, 3.8) is 0 Å². The highest BCUT2D eigenvalue weighted by molar-refractivity contribution is 6.40. The summed E-state index contributed by atoms with van der Waals surface area (Å²) in [5.41, 5.74) is 5.28. The Bertz CT molecular complexity index is 130. The summed E-state index contributed by atoms with van der Waals surface area (Å²) < 4.78 is 4.32. The Hall–Kier alpha value is -0.585. The first-order chi connectivity index (χ1) is 5.07. The third kappa shape index (κ3) is 4.77. The van der Waals surface area contributed by atoms with Crippen LogP contribution in [0.4, 0.5) is 0 Å². The van der Waals surface area contributed by atoms with Crippen molar-refractivity contribution in [2.75, 3.05) is 7.11 Å². The summed E-state index contributed by atoms with van der Waals surface area (Å²) >= 11 is 0. The molecule has 11 heavy (non-hydrogen) atoms. The van der Waals surface area contributed by atoms with E-state index in [0.29, 0.717) is 0 Å². The lowest BCUT2D eigenvalue weighted by Gasteiger charge is -2.07. The van der Waals surface area contributed by atoms with Crippen LogP contribution in [0.3, 0.4) is 0 Å². The molecule has 0 aromatic carbocycles. The summed E-state index contributed by atoms with van der Waals surface area (Å²) in [5, 5.41) is 16.8. The first kappa shape index (κ1) is 10.4. The molecule has 5 nitrogen and oxygen atoms in total. The molecule has 0 saturated heterocycles. The Morgan fingerprint density at radius 2 is 2.27 bits per heavy atom. The normalized spacial score (nSPS) is 12.4. The van der Waals surface area contributed by atoms with E-state index in [1.54, 1.807) is 0 Å². The highest BCUT2D eigenvalue weighted by atomic mass is 16.5. The maximum atomic E-state index is 10.6. The van der Waals surface area contributed by atoms with Crippen LogP contribution in [-0.2, 0) is 9.53 Å². The lowest BCUT2D eigenvalue weighted by Crippen LogP contribution is -2.32. The summed E-state index contributed by atoms with van der Waals surface area (Å²) in [6.45, 7) is 0. The Morgan fingerprint density at radius 1 is 1.73 bits per heavy atom. The molecule has 0 heterocycles. The zero-order chi connectivity index (χ0) is 8.85. The molecule has 64 valence electrons. The molecular weight excluding hydrogens is 149 g/mol. The summed E-state index contributed by atoms with van der Waals surface area (Å²) in [6.07, 6.45) is 0.292. The molecule has 0 saturated carbocycles. The van der Waals surface area contributed by atoms with Gasteiger partial charge in [-0.1, -0.05) is 0 Å². The van der Waals surface area contributed by atoms with Crippen LogP contribution < -0.4 is 5.73 Å². The predicted octanol–water partition coefficient (Wildman–Crippen LogP) is -1.65. The smallest absolute Gasteiger partial charge is 0.451 e. The van der Waals surface area contributed by atoms with E-state index >= 15 is 0 Å². The second kappa shape index (κ2) is 5.12. The third-order valence-electron chi connectivity index (χ3n) is 1.24. The van der Waals surface area contributed by atoms with Crippen molar-refractivity contribution in [2.45, 2.75) is 18.8 Å². The topological polar surface area (TPSA) is 92.8 Å². The van der Waals surface area contributed by atoms with Crippen LogP contribution in [0.15, 0.2) is 0 Å². The Balaban J connectivity index is 3.52. The Labute approximate surface area is 65.3 Å². The van der Waals surface area contributed by atoms with Gasteiger partial charge in [0.2, 0.25) is 0 Å². The lowest BCUT2D eigenvalue weighted by molar-refractivity contribution is -0.142. The number of rotatable bonds is 4. The van der Waals surface area contributed by atoms with E-state index in [0.717, 1.165) is 0 Å². The van der Waals surface area contributed by atoms with Gasteiger partial charge in [0.25, 0.3) is 0 Å². The summed E-state index contributed by atoms with van der Waals surface area (Å²) in [5.74, 6) is -0.536. The molecular formula is C5H12BNO4. The molecule has 0 fully saturated rings. The molecule has 0 aliphatic carbocycles. The fraction of sp³-hybridized carbons (Fsp3) is 0.800. The van der Waals surface area contributed by atoms with E-state index < -0.39 is 19.1 Å². The molecule has 0 aliphatic heterocycles. The standard InChI is InChI=1S/C5H12BNO4/c1-11-5(8)4(7)2-3-6(9)10/h4,9-10H,2-3,7H2,1H3/t4-/m0/s1. The first-order valence-corrected chi connectivity index (χ1v) is 3.27. The molecule has 0 amide bonds. The Morgan fingerprint density at radius 3 is 2.64 bits per heavy atom. The summed E-state index contributed by atoms with van der Waals surface area (Å²) in [4.78, 5) is 10.6. The van der Waals surface area contributed by atoms with Crippen molar-refractivity contribution in [2.24, 2.45) is 5.73 Å². The van der Waals surface area contributed by atoms with Crippen LogP contribution in [0.2, 0.25) is 6.32 Å². The average Bonchev–Trinajstić information content (AvgIpc) is 1.98. The summed E-state index contributed by atoms with van der Waals surface area (Å²) in [7, 11) is -0.178. The van der Waals surface area contributed by atoms with E-state index in [9.17, 15) is 4.79 Å². The van der Waals surface area contributed by atoms with Crippen LogP contribution in [0.1, 0.15) is 6.42 Å². The van der Waals surface area contributed by atoms with Crippen LogP contribution in [0.5, 0.6) is 0 Å². The van der Waals surface area contributed by atoms with Crippen molar-refractivity contribution in [1.29, 1.82) is 0 Å². The molecule has 0 radical (unpaired) electrons. The maximum absolute atomic E-state index is 10.6. The fourth-order valence-electron chi connectivity index (χ4n) is 0.598. The van der Waals surface area contributed by atoms with Crippen LogP contribution in [0, 0.1) is 0 Å². The van der Waals surface area contributed by atoms with Crippen LogP contribution in [0.25, 0.3) is 0 Å². The SMILES string of the molecule is COC(=O)[C@@H](N)CCB(O)O. The minimum absolute atomic E-state index is 0.0796. The minimum atomic E-state index is -1.41. The number of hydrogen-bond acceptors (Lipinski definition) is 5. The highest BCUT2D eigenvalue weighted by Crippen LogP contribution is 1.98. The van der Waals surface area contributed by atoms with Crippen LogP contribution in [-0.4, -0.2) is 36.3 Å². The van der Waals surface area contributed by atoms with Crippen molar-refractivity contribution >= 4 is 13.1 Å².